The molecule has 0 radical (unpaired) electrons. The molecule has 1 aromatic rings. The van der Waals surface area contributed by atoms with Gasteiger partial charge in [-0.25, -0.2) is 0 Å². The maximum atomic E-state index is 12.7. The van der Waals surface area contributed by atoms with Gasteiger partial charge in [0.2, 0.25) is 11.8 Å². The van der Waals surface area contributed by atoms with Crippen molar-refractivity contribution in [3.63, 3.8) is 0 Å². The first-order chi connectivity index (χ1) is 9.24. The molecule has 0 saturated carbocycles. The van der Waals surface area contributed by atoms with Gasteiger partial charge in [-0.2, -0.15) is 13.2 Å². The van der Waals surface area contributed by atoms with E-state index in [0.717, 1.165) is 6.07 Å². The number of aryl methyl sites for hydroxylation is 1. The average molecular weight is 326 g/mol. The number of alkyl halides is 3. The van der Waals surface area contributed by atoms with E-state index in [1.165, 1.54) is 19.1 Å². The number of rotatable bonds is 4. The van der Waals surface area contributed by atoms with Gasteiger partial charge in [0.05, 0.1) is 18.7 Å². The lowest BCUT2D eigenvalue weighted by atomic mass is 10.1. The third kappa shape index (κ3) is 6.01. The molecule has 0 aliphatic carbocycles. The fourth-order valence-electron chi connectivity index (χ4n) is 1.46. The van der Waals surface area contributed by atoms with Crippen molar-refractivity contribution >= 4 is 29.9 Å². The standard InChI is InChI=1S/C12H14F3N3O2.ClH/c1-7-2-3-8(4-9(7)12(13,14)15)18-11(20)6-17-10(19)5-16;/h2-4H,5-6,16H2,1H3,(H,17,19)(H,18,20);1H. The minimum Gasteiger partial charge on any atom is -0.346 e. The zero-order valence-electron chi connectivity index (χ0n) is 11.1. The van der Waals surface area contributed by atoms with E-state index in [0.29, 0.717) is 0 Å². The van der Waals surface area contributed by atoms with Crippen LogP contribution in [0.4, 0.5) is 18.9 Å². The summed E-state index contributed by atoms with van der Waals surface area (Å²) in [7, 11) is 0. The van der Waals surface area contributed by atoms with Crippen LogP contribution in [0.1, 0.15) is 11.1 Å². The molecule has 0 spiro atoms. The highest BCUT2D eigenvalue weighted by Gasteiger charge is 2.32. The SMILES string of the molecule is Cc1ccc(NC(=O)CNC(=O)CN)cc1C(F)(F)F.Cl. The fraction of sp³-hybridized carbons (Fsp3) is 0.333. The summed E-state index contributed by atoms with van der Waals surface area (Å²) in [5, 5.41) is 4.48. The van der Waals surface area contributed by atoms with E-state index in [4.69, 9.17) is 5.73 Å². The number of carbonyl (C=O) groups excluding carboxylic acids is 2. The molecule has 1 aromatic carbocycles. The van der Waals surface area contributed by atoms with E-state index < -0.39 is 23.6 Å². The molecular formula is C12H15ClF3N3O2. The van der Waals surface area contributed by atoms with Crippen molar-refractivity contribution in [1.29, 1.82) is 0 Å². The molecule has 9 heteroatoms. The van der Waals surface area contributed by atoms with E-state index in [2.05, 4.69) is 10.6 Å². The number of nitrogens with two attached hydrogens (primary N) is 1. The van der Waals surface area contributed by atoms with Crippen LogP contribution in [0.25, 0.3) is 0 Å². The predicted molar refractivity (Wildman–Crippen MR) is 74.1 cm³/mol. The first-order valence-corrected chi connectivity index (χ1v) is 5.68. The lowest BCUT2D eigenvalue weighted by Gasteiger charge is -2.13. The van der Waals surface area contributed by atoms with Gasteiger partial charge in [0.15, 0.2) is 0 Å². The topological polar surface area (TPSA) is 84.2 Å². The smallest absolute Gasteiger partial charge is 0.346 e. The van der Waals surface area contributed by atoms with E-state index >= 15 is 0 Å². The summed E-state index contributed by atoms with van der Waals surface area (Å²) in [4.78, 5) is 22.3. The highest BCUT2D eigenvalue weighted by molar-refractivity contribution is 5.94. The Labute approximate surface area is 125 Å². The molecule has 5 nitrogen and oxygen atoms in total. The van der Waals surface area contributed by atoms with Gasteiger partial charge in [-0.15, -0.1) is 12.4 Å². The summed E-state index contributed by atoms with van der Waals surface area (Å²) >= 11 is 0. The first kappa shape index (κ1) is 19.2. The summed E-state index contributed by atoms with van der Waals surface area (Å²) in [6, 6.07) is 3.46. The number of nitrogens with one attached hydrogen (secondary N) is 2. The van der Waals surface area contributed by atoms with Crippen LogP contribution in [0.5, 0.6) is 0 Å². The maximum Gasteiger partial charge on any atom is 0.416 e. The lowest BCUT2D eigenvalue weighted by molar-refractivity contribution is -0.138. The molecule has 0 aliphatic rings. The van der Waals surface area contributed by atoms with Gasteiger partial charge < -0.3 is 16.4 Å². The van der Waals surface area contributed by atoms with Gasteiger partial charge in [-0.05, 0) is 24.6 Å². The summed E-state index contributed by atoms with van der Waals surface area (Å²) in [5.74, 6) is -1.16. The second-order valence-electron chi connectivity index (χ2n) is 4.06. The van der Waals surface area contributed by atoms with Gasteiger partial charge in [0.25, 0.3) is 0 Å². The summed E-state index contributed by atoms with van der Waals surface area (Å²) in [5.41, 5.74) is 4.28. The fourth-order valence-corrected chi connectivity index (χ4v) is 1.46. The Kier molecular flexibility index (Phi) is 7.17. The number of amides is 2. The van der Waals surface area contributed by atoms with Crippen molar-refractivity contribution in [3.8, 4) is 0 Å². The van der Waals surface area contributed by atoms with Crippen molar-refractivity contribution in [2.45, 2.75) is 13.1 Å². The van der Waals surface area contributed by atoms with Crippen molar-refractivity contribution in [3.05, 3.63) is 29.3 Å². The Bertz CT molecular complexity index is 521. The Morgan fingerprint density at radius 3 is 2.38 bits per heavy atom. The highest BCUT2D eigenvalue weighted by atomic mass is 35.5. The molecule has 0 saturated heterocycles. The molecule has 0 aromatic heterocycles. The van der Waals surface area contributed by atoms with Crippen LogP contribution in [0.2, 0.25) is 0 Å². The zero-order valence-corrected chi connectivity index (χ0v) is 11.9. The van der Waals surface area contributed by atoms with Gasteiger partial charge in [-0.3, -0.25) is 9.59 Å². The molecule has 0 fully saturated rings. The van der Waals surface area contributed by atoms with Crippen LogP contribution < -0.4 is 16.4 Å². The summed E-state index contributed by atoms with van der Waals surface area (Å²) in [6.07, 6.45) is -4.49. The number of benzene rings is 1. The molecule has 0 aliphatic heterocycles. The van der Waals surface area contributed by atoms with E-state index in [9.17, 15) is 22.8 Å². The Morgan fingerprint density at radius 1 is 1.24 bits per heavy atom. The van der Waals surface area contributed by atoms with Crippen LogP contribution >= 0.6 is 12.4 Å². The van der Waals surface area contributed by atoms with Crippen LogP contribution in [0.15, 0.2) is 18.2 Å². The molecule has 0 bridgehead atoms. The molecule has 1 rings (SSSR count). The quantitative estimate of drug-likeness (QED) is 0.783. The normalized spacial score (nSPS) is 10.5. The van der Waals surface area contributed by atoms with E-state index in [1.54, 1.807) is 0 Å². The van der Waals surface area contributed by atoms with Crippen molar-refractivity contribution < 1.29 is 22.8 Å². The molecule has 0 heterocycles. The van der Waals surface area contributed by atoms with Gasteiger partial charge in [0.1, 0.15) is 0 Å². The number of hydrogen-bond donors (Lipinski definition) is 3. The van der Waals surface area contributed by atoms with Crippen LogP contribution in [-0.2, 0) is 15.8 Å². The summed E-state index contributed by atoms with van der Waals surface area (Å²) < 4.78 is 38.0. The average Bonchev–Trinajstić information content (AvgIpc) is 2.37. The predicted octanol–water partition coefficient (Wildman–Crippen LogP) is 1.45. The van der Waals surface area contributed by atoms with E-state index in [1.807, 2.05) is 0 Å². The third-order valence-electron chi connectivity index (χ3n) is 2.46. The highest BCUT2D eigenvalue weighted by Crippen LogP contribution is 2.33. The first-order valence-electron chi connectivity index (χ1n) is 5.68. The second-order valence-corrected chi connectivity index (χ2v) is 4.06. The maximum absolute atomic E-state index is 12.7. The second kappa shape index (κ2) is 7.84. The molecule has 0 unspecified atom stereocenters. The zero-order chi connectivity index (χ0) is 15.3. The molecule has 4 N–H and O–H groups in total. The van der Waals surface area contributed by atoms with Crippen molar-refractivity contribution in [1.82, 2.24) is 5.32 Å². The molecular weight excluding hydrogens is 311 g/mol. The molecule has 0 atom stereocenters. The number of anilines is 1. The van der Waals surface area contributed by atoms with Gasteiger partial charge in [0, 0.05) is 5.69 Å². The number of carbonyl (C=O) groups is 2. The number of hydrogen-bond acceptors (Lipinski definition) is 3. The van der Waals surface area contributed by atoms with Crippen molar-refractivity contribution in [2.24, 2.45) is 5.73 Å². The van der Waals surface area contributed by atoms with Crippen LogP contribution in [-0.4, -0.2) is 24.9 Å². The minimum atomic E-state index is -4.49. The number of halogens is 4. The minimum absolute atomic E-state index is 0. The molecule has 2 amide bonds. The monoisotopic (exact) mass is 325 g/mol. The van der Waals surface area contributed by atoms with Crippen LogP contribution in [0, 0.1) is 6.92 Å². The van der Waals surface area contributed by atoms with Crippen LogP contribution in [0.3, 0.4) is 0 Å². The van der Waals surface area contributed by atoms with E-state index in [-0.39, 0.29) is 36.7 Å². The Morgan fingerprint density at radius 2 is 1.86 bits per heavy atom. The largest absolute Gasteiger partial charge is 0.416 e. The van der Waals surface area contributed by atoms with Gasteiger partial charge >= 0.3 is 6.18 Å². The Balaban J connectivity index is 0.00000400. The lowest BCUT2D eigenvalue weighted by Crippen LogP contribution is -2.36. The van der Waals surface area contributed by atoms with Gasteiger partial charge in [-0.1, -0.05) is 6.07 Å². The Hall–Kier alpha value is -1.80. The third-order valence-corrected chi connectivity index (χ3v) is 2.46. The van der Waals surface area contributed by atoms with Crippen molar-refractivity contribution in [2.75, 3.05) is 18.4 Å². The summed E-state index contributed by atoms with van der Waals surface area (Å²) in [6.45, 7) is 0.706. The molecule has 21 heavy (non-hydrogen) atoms. The molecule has 118 valence electrons.